The first-order valence-electron chi connectivity index (χ1n) is 5.77. The number of hydrogen-bond acceptors (Lipinski definition) is 2. The van der Waals surface area contributed by atoms with E-state index in [2.05, 4.69) is 44.1 Å². The van der Waals surface area contributed by atoms with Gasteiger partial charge in [-0.2, -0.15) is 0 Å². The Balaban J connectivity index is 2.49. The second kappa shape index (κ2) is 5.86. The second-order valence-corrected chi connectivity index (χ2v) is 4.51. The molecular weight excluding hydrogens is 184 g/mol. The van der Waals surface area contributed by atoms with Gasteiger partial charge in [0.15, 0.2) is 0 Å². The Morgan fingerprint density at radius 2 is 2.07 bits per heavy atom. The van der Waals surface area contributed by atoms with Crippen molar-refractivity contribution < 1.29 is 0 Å². The van der Waals surface area contributed by atoms with Crippen molar-refractivity contribution >= 4 is 0 Å². The highest BCUT2D eigenvalue weighted by Gasteiger charge is 2.09. The molecule has 0 saturated heterocycles. The topological polar surface area (TPSA) is 24.9 Å². The third-order valence-corrected chi connectivity index (χ3v) is 2.74. The van der Waals surface area contributed by atoms with Gasteiger partial charge in [-0.3, -0.25) is 4.98 Å². The van der Waals surface area contributed by atoms with Crippen LogP contribution in [0.2, 0.25) is 0 Å². The molecule has 15 heavy (non-hydrogen) atoms. The zero-order valence-electron chi connectivity index (χ0n) is 10.2. The van der Waals surface area contributed by atoms with Crippen LogP contribution in [0.25, 0.3) is 0 Å². The maximum atomic E-state index is 4.19. The van der Waals surface area contributed by atoms with Crippen molar-refractivity contribution in [1.29, 1.82) is 0 Å². The average molecular weight is 206 g/mol. The highest BCUT2D eigenvalue weighted by atomic mass is 14.9. The Bertz CT molecular complexity index is 294. The number of rotatable bonds is 5. The van der Waals surface area contributed by atoms with E-state index in [1.807, 2.05) is 12.4 Å². The van der Waals surface area contributed by atoms with Crippen molar-refractivity contribution in [3.63, 3.8) is 0 Å². The van der Waals surface area contributed by atoms with Crippen LogP contribution in [-0.4, -0.2) is 11.0 Å². The molecule has 1 aromatic rings. The van der Waals surface area contributed by atoms with Crippen LogP contribution >= 0.6 is 0 Å². The molecule has 2 heteroatoms. The third kappa shape index (κ3) is 4.00. The van der Waals surface area contributed by atoms with E-state index in [0.29, 0.717) is 12.0 Å². The number of pyridine rings is 1. The summed E-state index contributed by atoms with van der Waals surface area (Å²) < 4.78 is 0. The second-order valence-electron chi connectivity index (χ2n) is 4.51. The predicted molar refractivity (Wildman–Crippen MR) is 64.7 cm³/mol. The Labute approximate surface area is 93.1 Å². The standard InChI is InChI=1S/C13H22N2/c1-5-13(10(2)3)15-9-12-6-11(4)7-14-8-12/h6-8,10,13,15H,5,9H2,1-4H3. The lowest BCUT2D eigenvalue weighted by molar-refractivity contribution is 0.387. The van der Waals surface area contributed by atoms with Crippen molar-refractivity contribution in [2.75, 3.05) is 0 Å². The van der Waals surface area contributed by atoms with E-state index in [0.717, 1.165) is 6.54 Å². The third-order valence-electron chi connectivity index (χ3n) is 2.74. The van der Waals surface area contributed by atoms with E-state index in [1.54, 1.807) is 0 Å². The fourth-order valence-corrected chi connectivity index (χ4v) is 1.81. The zero-order chi connectivity index (χ0) is 11.3. The minimum Gasteiger partial charge on any atom is -0.310 e. The molecule has 0 aliphatic rings. The van der Waals surface area contributed by atoms with E-state index in [1.165, 1.54) is 17.5 Å². The van der Waals surface area contributed by atoms with Gasteiger partial charge in [0, 0.05) is 25.0 Å². The first-order chi connectivity index (χ1) is 7.13. The lowest BCUT2D eigenvalue weighted by Crippen LogP contribution is -2.32. The highest BCUT2D eigenvalue weighted by molar-refractivity contribution is 5.16. The lowest BCUT2D eigenvalue weighted by atomic mass is 10.0. The van der Waals surface area contributed by atoms with Crippen LogP contribution < -0.4 is 5.32 Å². The molecule has 0 aliphatic heterocycles. The van der Waals surface area contributed by atoms with Gasteiger partial charge < -0.3 is 5.32 Å². The molecule has 1 heterocycles. The van der Waals surface area contributed by atoms with E-state index >= 15 is 0 Å². The summed E-state index contributed by atoms with van der Waals surface area (Å²) in [6.07, 6.45) is 5.01. The molecule has 2 nitrogen and oxygen atoms in total. The number of nitrogens with one attached hydrogen (secondary N) is 1. The average Bonchev–Trinajstić information content (AvgIpc) is 2.18. The van der Waals surface area contributed by atoms with Gasteiger partial charge in [-0.05, 0) is 30.4 Å². The molecule has 0 bridgehead atoms. The highest BCUT2D eigenvalue weighted by Crippen LogP contribution is 2.07. The number of aromatic nitrogens is 1. The van der Waals surface area contributed by atoms with Gasteiger partial charge in [-0.15, -0.1) is 0 Å². The van der Waals surface area contributed by atoms with E-state index in [9.17, 15) is 0 Å². The van der Waals surface area contributed by atoms with Crippen molar-refractivity contribution in [2.24, 2.45) is 5.92 Å². The summed E-state index contributed by atoms with van der Waals surface area (Å²) in [4.78, 5) is 4.19. The minimum absolute atomic E-state index is 0.602. The molecule has 1 N–H and O–H groups in total. The largest absolute Gasteiger partial charge is 0.310 e. The van der Waals surface area contributed by atoms with Gasteiger partial charge in [0.25, 0.3) is 0 Å². The van der Waals surface area contributed by atoms with Crippen LogP contribution in [-0.2, 0) is 6.54 Å². The van der Waals surface area contributed by atoms with Crippen molar-refractivity contribution in [3.05, 3.63) is 29.6 Å². The van der Waals surface area contributed by atoms with Crippen LogP contribution in [0.15, 0.2) is 18.5 Å². The molecule has 1 aromatic heterocycles. The lowest BCUT2D eigenvalue weighted by Gasteiger charge is -2.20. The number of hydrogen-bond donors (Lipinski definition) is 1. The number of nitrogens with zero attached hydrogens (tertiary/aromatic N) is 1. The Kier molecular flexibility index (Phi) is 4.76. The smallest absolute Gasteiger partial charge is 0.0313 e. The van der Waals surface area contributed by atoms with Gasteiger partial charge in [-0.25, -0.2) is 0 Å². The molecule has 0 aliphatic carbocycles. The van der Waals surface area contributed by atoms with E-state index < -0.39 is 0 Å². The summed E-state index contributed by atoms with van der Waals surface area (Å²) in [7, 11) is 0. The maximum Gasteiger partial charge on any atom is 0.0313 e. The van der Waals surface area contributed by atoms with Gasteiger partial charge in [0.2, 0.25) is 0 Å². The van der Waals surface area contributed by atoms with Crippen LogP contribution in [0.3, 0.4) is 0 Å². The number of aryl methyl sites for hydroxylation is 1. The Hall–Kier alpha value is -0.890. The summed E-state index contributed by atoms with van der Waals surface area (Å²) >= 11 is 0. The summed E-state index contributed by atoms with van der Waals surface area (Å²) in [5, 5.41) is 3.57. The molecule has 1 unspecified atom stereocenters. The monoisotopic (exact) mass is 206 g/mol. The first-order valence-corrected chi connectivity index (χ1v) is 5.77. The predicted octanol–water partition coefficient (Wildman–Crippen LogP) is 2.91. The maximum absolute atomic E-state index is 4.19. The van der Waals surface area contributed by atoms with Gasteiger partial charge in [-0.1, -0.05) is 26.8 Å². The van der Waals surface area contributed by atoms with Crippen LogP contribution in [0.5, 0.6) is 0 Å². The van der Waals surface area contributed by atoms with Crippen LogP contribution in [0, 0.1) is 12.8 Å². The summed E-state index contributed by atoms with van der Waals surface area (Å²) in [5.41, 5.74) is 2.50. The summed E-state index contributed by atoms with van der Waals surface area (Å²) in [5.74, 6) is 0.688. The van der Waals surface area contributed by atoms with Gasteiger partial charge in [0.05, 0.1) is 0 Å². The van der Waals surface area contributed by atoms with Crippen LogP contribution in [0.4, 0.5) is 0 Å². The molecule has 0 fully saturated rings. The molecule has 0 aromatic carbocycles. The fraction of sp³-hybridized carbons (Fsp3) is 0.615. The fourth-order valence-electron chi connectivity index (χ4n) is 1.81. The first kappa shape index (κ1) is 12.2. The van der Waals surface area contributed by atoms with Gasteiger partial charge >= 0.3 is 0 Å². The molecule has 0 radical (unpaired) electrons. The molecule has 1 rings (SSSR count). The Morgan fingerprint density at radius 3 is 2.60 bits per heavy atom. The van der Waals surface area contributed by atoms with E-state index in [4.69, 9.17) is 0 Å². The summed E-state index contributed by atoms with van der Waals surface area (Å²) in [6, 6.07) is 2.79. The molecular formula is C13H22N2. The van der Waals surface area contributed by atoms with E-state index in [-0.39, 0.29) is 0 Å². The molecule has 0 spiro atoms. The zero-order valence-corrected chi connectivity index (χ0v) is 10.2. The Morgan fingerprint density at radius 1 is 1.33 bits per heavy atom. The quantitative estimate of drug-likeness (QED) is 0.801. The minimum atomic E-state index is 0.602. The molecule has 0 amide bonds. The molecule has 0 saturated carbocycles. The molecule has 84 valence electrons. The normalized spacial score (nSPS) is 13.1. The van der Waals surface area contributed by atoms with Gasteiger partial charge in [0.1, 0.15) is 0 Å². The molecule has 1 atom stereocenters. The van der Waals surface area contributed by atoms with Crippen molar-refractivity contribution in [3.8, 4) is 0 Å². The van der Waals surface area contributed by atoms with Crippen LogP contribution in [0.1, 0.15) is 38.3 Å². The summed E-state index contributed by atoms with van der Waals surface area (Å²) in [6.45, 7) is 9.75. The SMILES string of the molecule is CCC(NCc1cncc(C)c1)C(C)C. The van der Waals surface area contributed by atoms with Crippen molar-refractivity contribution in [2.45, 2.75) is 46.7 Å². The van der Waals surface area contributed by atoms with Crippen molar-refractivity contribution in [1.82, 2.24) is 10.3 Å².